The van der Waals surface area contributed by atoms with Gasteiger partial charge in [-0.05, 0) is 5.56 Å². The minimum Gasteiger partial charge on any atom is -0.746 e. The van der Waals surface area contributed by atoms with Crippen molar-refractivity contribution in [3.63, 3.8) is 0 Å². The molecule has 6 nitrogen and oxygen atoms in total. The van der Waals surface area contributed by atoms with Crippen LogP contribution in [0, 0.1) is 0 Å². The summed E-state index contributed by atoms with van der Waals surface area (Å²) >= 11 is 0. The average molecular weight is 326 g/mol. The third-order valence-electron chi connectivity index (χ3n) is 3.10. The molecule has 1 N–H and O–H groups in total. The van der Waals surface area contributed by atoms with Gasteiger partial charge >= 0.3 is 51.4 Å². The number of rotatable bonds is 4. The first-order valence-corrected chi connectivity index (χ1v) is 7.25. The number of hydrogen-bond acceptors (Lipinski definition) is 6. The molecule has 0 saturated carbocycles. The first-order chi connectivity index (χ1) is 8.93. The molecule has 1 fully saturated rings. The minimum absolute atomic E-state index is 0. The molecule has 0 aromatic heterocycles. The van der Waals surface area contributed by atoms with Crippen LogP contribution in [0.3, 0.4) is 0 Å². The fourth-order valence-corrected chi connectivity index (χ4v) is 2.73. The van der Waals surface area contributed by atoms with E-state index in [1.54, 1.807) is 12.1 Å². The number of ether oxygens (including phenoxy) is 2. The van der Waals surface area contributed by atoms with E-state index in [2.05, 4.69) is 0 Å². The van der Waals surface area contributed by atoms with Crippen molar-refractivity contribution in [2.75, 3.05) is 13.2 Å². The van der Waals surface area contributed by atoms with Crippen molar-refractivity contribution < 1.29 is 78.9 Å². The monoisotopic (exact) mass is 326 g/mol. The van der Waals surface area contributed by atoms with Crippen molar-refractivity contribution in [2.45, 2.75) is 24.1 Å². The Morgan fingerprint density at radius 3 is 2.65 bits per heavy atom. The molecular formula is C12H15KO6S. The van der Waals surface area contributed by atoms with E-state index in [0.29, 0.717) is 0 Å². The summed E-state index contributed by atoms with van der Waals surface area (Å²) in [6.45, 7) is 0.000662. The van der Waals surface area contributed by atoms with E-state index in [4.69, 9.17) is 9.47 Å². The van der Waals surface area contributed by atoms with Gasteiger partial charge in [0.25, 0.3) is 0 Å². The van der Waals surface area contributed by atoms with E-state index in [1.165, 1.54) is 0 Å². The topological polar surface area (TPSA) is 95.9 Å². The fraction of sp³-hybridized carbons (Fsp3) is 0.500. The van der Waals surface area contributed by atoms with Crippen molar-refractivity contribution in [1.29, 1.82) is 0 Å². The van der Waals surface area contributed by atoms with Crippen LogP contribution in [0.25, 0.3) is 0 Å². The van der Waals surface area contributed by atoms with Gasteiger partial charge in [-0.3, -0.25) is 0 Å². The maximum atomic E-state index is 11.2. The van der Waals surface area contributed by atoms with Crippen LogP contribution in [0.4, 0.5) is 0 Å². The SMILES string of the molecule is O=S(=O)([O-])C1(O)CCOCC1OCc1ccccc1.[K+]. The van der Waals surface area contributed by atoms with Gasteiger partial charge in [0.1, 0.15) is 16.2 Å². The third-order valence-corrected chi connectivity index (χ3v) is 4.44. The summed E-state index contributed by atoms with van der Waals surface area (Å²) in [7, 11) is -4.88. The van der Waals surface area contributed by atoms with Gasteiger partial charge in [0.2, 0.25) is 0 Å². The van der Waals surface area contributed by atoms with E-state index < -0.39 is 21.2 Å². The standard InChI is InChI=1S/C12H16O6S.K/c13-12(19(14,15)16)6-7-17-9-11(12)18-8-10-4-2-1-3-5-10;/h1-5,11,13H,6-9H2,(H,14,15,16);/q;+1/p-1. The number of benzene rings is 1. The molecule has 1 heterocycles. The zero-order chi connectivity index (χ0) is 13.9. The first kappa shape index (κ1) is 18.7. The van der Waals surface area contributed by atoms with Crippen LogP contribution < -0.4 is 51.4 Å². The Labute approximate surface area is 160 Å². The van der Waals surface area contributed by atoms with E-state index in [9.17, 15) is 18.1 Å². The molecule has 2 unspecified atom stereocenters. The van der Waals surface area contributed by atoms with Crippen LogP contribution >= 0.6 is 0 Å². The molecule has 0 bridgehead atoms. The number of hydrogen-bond donors (Lipinski definition) is 1. The summed E-state index contributed by atoms with van der Waals surface area (Å²) in [5.74, 6) is 0. The van der Waals surface area contributed by atoms with Crippen LogP contribution in [0.1, 0.15) is 12.0 Å². The van der Waals surface area contributed by atoms with Crippen molar-refractivity contribution in [3.8, 4) is 0 Å². The Morgan fingerprint density at radius 1 is 1.40 bits per heavy atom. The second kappa shape index (κ2) is 7.77. The van der Waals surface area contributed by atoms with Gasteiger partial charge in [0.05, 0.1) is 19.8 Å². The third kappa shape index (κ3) is 4.32. The summed E-state index contributed by atoms with van der Waals surface area (Å²) in [5.41, 5.74) is 0.818. The Bertz CT molecular complexity index is 520. The first-order valence-electron chi connectivity index (χ1n) is 5.84. The normalized spacial score (nSPS) is 26.8. The van der Waals surface area contributed by atoms with E-state index in [1.807, 2.05) is 18.2 Å². The molecule has 1 saturated heterocycles. The van der Waals surface area contributed by atoms with Crippen LogP contribution in [-0.4, -0.2) is 42.3 Å². The van der Waals surface area contributed by atoms with Gasteiger partial charge in [-0.15, -0.1) is 0 Å². The predicted molar refractivity (Wildman–Crippen MR) is 65.1 cm³/mol. The molecule has 1 aliphatic rings. The summed E-state index contributed by atoms with van der Waals surface area (Å²) < 4.78 is 44.0. The molecule has 20 heavy (non-hydrogen) atoms. The van der Waals surface area contributed by atoms with Crippen molar-refractivity contribution in [1.82, 2.24) is 0 Å². The smallest absolute Gasteiger partial charge is 0.746 e. The maximum absolute atomic E-state index is 11.2. The van der Waals surface area contributed by atoms with Crippen LogP contribution in [0.5, 0.6) is 0 Å². The Kier molecular flexibility index (Phi) is 7.26. The van der Waals surface area contributed by atoms with Gasteiger partial charge in [0.15, 0.2) is 4.93 Å². The number of aliphatic hydroxyl groups is 1. The second-order valence-corrected chi connectivity index (χ2v) is 6.02. The average Bonchev–Trinajstić information content (AvgIpc) is 2.38. The molecule has 1 aromatic carbocycles. The molecule has 8 heteroatoms. The maximum Gasteiger partial charge on any atom is 1.00 e. The Morgan fingerprint density at radius 2 is 2.05 bits per heavy atom. The minimum atomic E-state index is -4.88. The van der Waals surface area contributed by atoms with Crippen LogP contribution in [-0.2, 0) is 26.2 Å². The predicted octanol–water partition coefficient (Wildman–Crippen LogP) is -2.77. The summed E-state index contributed by atoms with van der Waals surface area (Å²) in [5, 5.41) is 10.0. The molecule has 2 atom stereocenters. The molecule has 1 aromatic rings. The summed E-state index contributed by atoms with van der Waals surface area (Å²) in [4.78, 5) is -2.42. The van der Waals surface area contributed by atoms with Gasteiger partial charge in [-0.1, -0.05) is 30.3 Å². The Hall–Kier alpha value is 0.646. The van der Waals surface area contributed by atoms with E-state index >= 15 is 0 Å². The van der Waals surface area contributed by atoms with Crippen molar-refractivity contribution in [2.24, 2.45) is 0 Å². The summed E-state index contributed by atoms with van der Waals surface area (Å²) in [6.07, 6.45) is -1.46. The zero-order valence-electron chi connectivity index (χ0n) is 11.2. The molecule has 0 aliphatic carbocycles. The van der Waals surface area contributed by atoms with Gasteiger partial charge in [0, 0.05) is 6.42 Å². The van der Waals surface area contributed by atoms with Crippen molar-refractivity contribution in [3.05, 3.63) is 35.9 Å². The molecule has 2 rings (SSSR count). The zero-order valence-corrected chi connectivity index (χ0v) is 15.1. The molecule has 0 radical (unpaired) electrons. The van der Waals surface area contributed by atoms with Gasteiger partial charge < -0.3 is 19.1 Å². The van der Waals surface area contributed by atoms with Gasteiger partial charge in [-0.2, -0.15) is 0 Å². The quantitative estimate of drug-likeness (QED) is 0.475. The molecule has 1 aliphatic heterocycles. The summed E-state index contributed by atoms with van der Waals surface area (Å²) in [6, 6.07) is 9.06. The van der Waals surface area contributed by atoms with E-state index in [-0.39, 0.29) is 77.6 Å². The second-order valence-electron chi connectivity index (χ2n) is 4.41. The van der Waals surface area contributed by atoms with Crippen molar-refractivity contribution >= 4 is 10.1 Å². The molecule has 0 spiro atoms. The van der Waals surface area contributed by atoms with Crippen LogP contribution in [0.15, 0.2) is 30.3 Å². The fourth-order valence-electron chi connectivity index (χ4n) is 1.94. The molecule has 0 amide bonds. The van der Waals surface area contributed by atoms with E-state index in [0.717, 1.165) is 5.56 Å². The van der Waals surface area contributed by atoms with Gasteiger partial charge in [-0.25, -0.2) is 8.42 Å². The largest absolute Gasteiger partial charge is 1.00 e. The molecular weight excluding hydrogens is 311 g/mol. The Balaban J connectivity index is 0.00000200. The van der Waals surface area contributed by atoms with Crippen LogP contribution in [0.2, 0.25) is 0 Å². The molecule has 106 valence electrons.